The van der Waals surface area contributed by atoms with Gasteiger partial charge in [-0.1, -0.05) is 19.1 Å². The van der Waals surface area contributed by atoms with Crippen molar-refractivity contribution in [3.8, 4) is 0 Å². The largest absolute Gasteiger partial charge is 0.389 e. The van der Waals surface area contributed by atoms with E-state index in [4.69, 9.17) is 0 Å². The molecule has 0 spiro atoms. The third-order valence-electron chi connectivity index (χ3n) is 3.33. The molecular weight excluding hydrogens is 301 g/mol. The summed E-state index contributed by atoms with van der Waals surface area (Å²) < 4.78 is 36.9. The number of hydrogen-bond acceptors (Lipinski definition) is 4. The van der Waals surface area contributed by atoms with Crippen LogP contribution in [0.25, 0.3) is 0 Å². The van der Waals surface area contributed by atoms with Crippen LogP contribution in [0.3, 0.4) is 0 Å². The third kappa shape index (κ3) is 5.05. The van der Waals surface area contributed by atoms with Gasteiger partial charge in [0.1, 0.15) is 0 Å². The first-order chi connectivity index (χ1) is 10.2. The van der Waals surface area contributed by atoms with Gasteiger partial charge in [0.2, 0.25) is 0 Å². The van der Waals surface area contributed by atoms with Crippen molar-refractivity contribution in [3.05, 3.63) is 34.9 Å². The van der Waals surface area contributed by atoms with Crippen molar-refractivity contribution in [1.82, 2.24) is 0 Å². The van der Waals surface area contributed by atoms with E-state index in [1.807, 2.05) is 0 Å². The average Bonchev–Trinajstić information content (AvgIpc) is 2.43. The Labute approximate surface area is 126 Å². The van der Waals surface area contributed by atoms with Crippen LogP contribution in [0.15, 0.2) is 18.2 Å². The van der Waals surface area contributed by atoms with E-state index >= 15 is 0 Å². The minimum atomic E-state index is -4.49. The Morgan fingerprint density at radius 3 is 2.36 bits per heavy atom. The Kier molecular flexibility index (Phi) is 5.96. The molecule has 0 N–H and O–H groups in total. The lowest BCUT2D eigenvalue weighted by Gasteiger charge is -2.14. The lowest BCUT2D eigenvalue weighted by molar-refractivity contribution is -0.242. The second-order valence-electron chi connectivity index (χ2n) is 4.95. The van der Waals surface area contributed by atoms with Gasteiger partial charge < -0.3 is 0 Å². The fraction of sp³-hybridized carbons (Fsp3) is 0.467. The molecular formula is C15H17F3O4. The molecule has 4 nitrogen and oxygen atoms in total. The third-order valence-corrected chi connectivity index (χ3v) is 3.33. The zero-order valence-corrected chi connectivity index (χ0v) is 12.5. The van der Waals surface area contributed by atoms with Gasteiger partial charge in [-0.3, -0.25) is 0 Å². The zero-order valence-electron chi connectivity index (χ0n) is 12.5. The smallest absolute Gasteiger partial charge is 0.247 e. The van der Waals surface area contributed by atoms with E-state index in [9.17, 15) is 22.8 Å². The first-order valence-electron chi connectivity index (χ1n) is 6.71. The summed E-state index contributed by atoms with van der Waals surface area (Å²) in [4.78, 5) is 32.0. The lowest BCUT2D eigenvalue weighted by atomic mass is 10.0. The number of aryl methyl sites for hydroxylation is 1. The van der Waals surface area contributed by atoms with Gasteiger partial charge in [0, 0.05) is 0 Å². The van der Waals surface area contributed by atoms with Gasteiger partial charge in [-0.25, -0.2) is 19.4 Å². The summed E-state index contributed by atoms with van der Waals surface area (Å²) in [5.74, 6) is -3.53. The Hall–Kier alpha value is -2.05. The number of alkyl halides is 3. The standard InChI is InChI=1S/C15H17F3O4/c1-4-11(8-15(16,17)18)13(19)21-22-14(20)12-7-5-6-9(2)10(12)3/h5-7,11H,4,8H2,1-3H3. The number of carbonyl (C=O) groups is 2. The molecule has 0 saturated carbocycles. The van der Waals surface area contributed by atoms with Crippen molar-refractivity contribution >= 4 is 11.9 Å². The van der Waals surface area contributed by atoms with Crippen molar-refractivity contribution < 1.29 is 32.5 Å². The molecule has 0 heterocycles. The molecule has 1 unspecified atom stereocenters. The maximum atomic E-state index is 12.3. The molecule has 0 aliphatic heterocycles. The van der Waals surface area contributed by atoms with Crippen molar-refractivity contribution in [3.63, 3.8) is 0 Å². The van der Waals surface area contributed by atoms with Crippen molar-refractivity contribution in [2.45, 2.75) is 39.8 Å². The van der Waals surface area contributed by atoms with Gasteiger partial charge in [-0.15, -0.1) is 0 Å². The number of hydrogen-bond donors (Lipinski definition) is 0. The van der Waals surface area contributed by atoms with E-state index in [1.54, 1.807) is 26.0 Å². The minimum Gasteiger partial charge on any atom is -0.247 e. The normalized spacial score (nSPS) is 12.6. The number of benzene rings is 1. The van der Waals surface area contributed by atoms with E-state index in [2.05, 4.69) is 9.78 Å². The molecule has 0 fully saturated rings. The van der Waals surface area contributed by atoms with Gasteiger partial charge in [0.05, 0.1) is 17.9 Å². The maximum Gasteiger partial charge on any atom is 0.389 e. The van der Waals surface area contributed by atoms with Crippen LogP contribution in [0, 0.1) is 19.8 Å². The van der Waals surface area contributed by atoms with E-state index in [0.717, 1.165) is 5.56 Å². The molecule has 122 valence electrons. The van der Waals surface area contributed by atoms with Crippen LogP contribution in [0.2, 0.25) is 0 Å². The fourth-order valence-corrected chi connectivity index (χ4v) is 1.84. The fourth-order valence-electron chi connectivity index (χ4n) is 1.84. The Morgan fingerprint density at radius 1 is 1.18 bits per heavy atom. The molecule has 7 heteroatoms. The SMILES string of the molecule is CCC(CC(F)(F)F)C(=O)OOC(=O)c1cccc(C)c1C. The predicted molar refractivity (Wildman–Crippen MR) is 71.9 cm³/mol. The van der Waals surface area contributed by atoms with Crippen LogP contribution in [0.5, 0.6) is 0 Å². The first kappa shape index (κ1) is 18.0. The number of halogens is 3. The minimum absolute atomic E-state index is 0.0701. The number of rotatable bonds is 4. The van der Waals surface area contributed by atoms with Crippen LogP contribution in [-0.4, -0.2) is 18.1 Å². The summed E-state index contributed by atoms with van der Waals surface area (Å²) in [5.41, 5.74) is 1.67. The lowest BCUT2D eigenvalue weighted by Crippen LogP contribution is -2.25. The molecule has 1 rings (SSSR count). The molecule has 0 saturated heterocycles. The average molecular weight is 318 g/mol. The molecule has 0 radical (unpaired) electrons. The monoisotopic (exact) mass is 318 g/mol. The number of carbonyl (C=O) groups excluding carboxylic acids is 2. The summed E-state index contributed by atoms with van der Waals surface area (Å²) in [6.07, 6.45) is -5.88. The highest BCUT2D eigenvalue weighted by molar-refractivity contribution is 5.91. The van der Waals surface area contributed by atoms with Crippen LogP contribution in [-0.2, 0) is 14.6 Å². The molecule has 1 aromatic rings. The first-order valence-corrected chi connectivity index (χ1v) is 6.71. The van der Waals surface area contributed by atoms with Gasteiger partial charge >= 0.3 is 18.1 Å². The Balaban J connectivity index is 2.66. The van der Waals surface area contributed by atoms with E-state index in [1.165, 1.54) is 13.0 Å². The van der Waals surface area contributed by atoms with Crippen molar-refractivity contribution in [2.75, 3.05) is 0 Å². The van der Waals surface area contributed by atoms with Gasteiger partial charge in [0.15, 0.2) is 0 Å². The van der Waals surface area contributed by atoms with E-state index in [-0.39, 0.29) is 12.0 Å². The summed E-state index contributed by atoms with van der Waals surface area (Å²) >= 11 is 0. The van der Waals surface area contributed by atoms with Crippen LogP contribution in [0.1, 0.15) is 41.3 Å². The summed E-state index contributed by atoms with van der Waals surface area (Å²) in [6.45, 7) is 4.89. The quantitative estimate of drug-likeness (QED) is 0.624. The van der Waals surface area contributed by atoms with Crippen LogP contribution < -0.4 is 0 Å². The van der Waals surface area contributed by atoms with Crippen LogP contribution in [0.4, 0.5) is 13.2 Å². The highest BCUT2D eigenvalue weighted by atomic mass is 19.4. The maximum absolute atomic E-state index is 12.3. The van der Waals surface area contributed by atoms with E-state index in [0.29, 0.717) is 5.56 Å². The van der Waals surface area contributed by atoms with Gasteiger partial charge in [-0.05, 0) is 37.5 Å². The molecule has 22 heavy (non-hydrogen) atoms. The zero-order chi connectivity index (χ0) is 16.9. The molecule has 0 aliphatic carbocycles. The molecule has 0 amide bonds. The highest BCUT2D eigenvalue weighted by Gasteiger charge is 2.36. The van der Waals surface area contributed by atoms with Crippen molar-refractivity contribution in [1.29, 1.82) is 0 Å². The Bertz CT molecular complexity index is 552. The summed E-state index contributed by atoms with van der Waals surface area (Å²) in [5, 5.41) is 0. The highest BCUT2D eigenvalue weighted by Crippen LogP contribution is 2.27. The molecule has 1 aromatic carbocycles. The van der Waals surface area contributed by atoms with Crippen LogP contribution >= 0.6 is 0 Å². The van der Waals surface area contributed by atoms with Gasteiger partial charge in [0.25, 0.3) is 0 Å². The predicted octanol–water partition coefficient (Wildman–Crippen LogP) is 3.90. The second-order valence-corrected chi connectivity index (χ2v) is 4.95. The molecule has 1 atom stereocenters. The molecule has 0 bridgehead atoms. The summed E-state index contributed by atoms with van der Waals surface area (Å²) in [7, 11) is 0. The van der Waals surface area contributed by atoms with E-state index < -0.39 is 30.5 Å². The second kappa shape index (κ2) is 7.29. The van der Waals surface area contributed by atoms with Gasteiger partial charge in [-0.2, -0.15) is 13.2 Å². The summed E-state index contributed by atoms with van der Waals surface area (Å²) in [6, 6.07) is 4.89. The Morgan fingerprint density at radius 2 is 1.82 bits per heavy atom. The topological polar surface area (TPSA) is 52.6 Å². The van der Waals surface area contributed by atoms with Crippen molar-refractivity contribution in [2.24, 2.45) is 5.92 Å². The molecule has 0 aliphatic rings. The molecule has 0 aromatic heterocycles.